The molecule has 1 N–H and O–H groups in total. The summed E-state index contributed by atoms with van der Waals surface area (Å²) in [6.45, 7) is 6.44. The summed E-state index contributed by atoms with van der Waals surface area (Å²) in [4.78, 5) is 7.58. The van der Waals surface area contributed by atoms with E-state index in [1.54, 1.807) is 0 Å². The third-order valence-electron chi connectivity index (χ3n) is 2.78. The van der Waals surface area contributed by atoms with Crippen LogP contribution in [-0.2, 0) is 19.4 Å². The molecule has 2 heterocycles. The highest BCUT2D eigenvalue weighted by atomic mass is 32.1. The van der Waals surface area contributed by atoms with Gasteiger partial charge in [-0.15, -0.1) is 22.7 Å². The van der Waals surface area contributed by atoms with Crippen LogP contribution in [0.25, 0.3) is 0 Å². The molecular weight excluding hydrogens is 260 g/mol. The predicted octanol–water partition coefficient (Wildman–Crippen LogP) is 3.86. The molecule has 2 rings (SSSR count). The first-order chi connectivity index (χ1) is 8.83. The second-order valence-corrected chi connectivity index (χ2v) is 6.46. The largest absolute Gasteiger partial charge is 0.312 e. The van der Waals surface area contributed by atoms with Crippen molar-refractivity contribution < 1.29 is 0 Å². The quantitative estimate of drug-likeness (QED) is 0.779. The lowest BCUT2D eigenvalue weighted by Crippen LogP contribution is -2.13. The molecule has 0 unspecified atom stereocenters. The molecule has 0 saturated carbocycles. The van der Waals surface area contributed by atoms with Gasteiger partial charge in [-0.25, -0.2) is 4.98 Å². The molecule has 0 aliphatic heterocycles. The van der Waals surface area contributed by atoms with E-state index in [1.807, 2.05) is 22.7 Å². The van der Waals surface area contributed by atoms with Crippen molar-refractivity contribution in [2.24, 2.45) is 0 Å². The standard InChI is InChI=1S/C14H20N2S2/c1-3-7-15-10-13-12(4-2)16-14(18-13)9-11-6-5-8-17-11/h5-6,8,15H,3-4,7,9-10H2,1-2H3. The van der Waals surface area contributed by atoms with Crippen LogP contribution in [0.5, 0.6) is 0 Å². The van der Waals surface area contributed by atoms with Gasteiger partial charge in [0.2, 0.25) is 0 Å². The molecule has 2 aromatic heterocycles. The number of nitrogens with zero attached hydrogens (tertiary/aromatic N) is 1. The smallest absolute Gasteiger partial charge is 0.0983 e. The summed E-state index contributed by atoms with van der Waals surface area (Å²) in [5, 5.41) is 6.86. The van der Waals surface area contributed by atoms with Crippen LogP contribution in [-0.4, -0.2) is 11.5 Å². The minimum Gasteiger partial charge on any atom is -0.312 e. The fourth-order valence-corrected chi connectivity index (χ4v) is 3.82. The Bertz CT molecular complexity index is 460. The van der Waals surface area contributed by atoms with Crippen LogP contribution in [0.2, 0.25) is 0 Å². The monoisotopic (exact) mass is 280 g/mol. The van der Waals surface area contributed by atoms with Crippen LogP contribution in [0.4, 0.5) is 0 Å². The Kier molecular flexibility index (Phi) is 5.35. The van der Waals surface area contributed by atoms with Crippen LogP contribution in [0.1, 0.15) is 40.7 Å². The number of hydrogen-bond donors (Lipinski definition) is 1. The van der Waals surface area contributed by atoms with Gasteiger partial charge < -0.3 is 5.32 Å². The molecular formula is C14H20N2S2. The van der Waals surface area contributed by atoms with E-state index in [2.05, 4.69) is 36.7 Å². The van der Waals surface area contributed by atoms with Crippen LogP contribution in [0.15, 0.2) is 17.5 Å². The second-order valence-electron chi connectivity index (χ2n) is 4.26. The van der Waals surface area contributed by atoms with E-state index in [0.29, 0.717) is 0 Å². The van der Waals surface area contributed by atoms with Gasteiger partial charge in [0.25, 0.3) is 0 Å². The highest BCUT2D eigenvalue weighted by Crippen LogP contribution is 2.23. The number of hydrogen-bond acceptors (Lipinski definition) is 4. The molecule has 0 atom stereocenters. The first-order valence-corrected chi connectivity index (χ1v) is 8.23. The minimum atomic E-state index is 0.971. The number of rotatable bonds is 7. The second kappa shape index (κ2) is 7.02. The Labute approximate surface area is 117 Å². The molecule has 0 spiro atoms. The van der Waals surface area contributed by atoms with E-state index in [1.165, 1.54) is 26.9 Å². The third-order valence-corrected chi connectivity index (χ3v) is 4.75. The molecule has 98 valence electrons. The maximum atomic E-state index is 4.77. The van der Waals surface area contributed by atoms with Crippen LogP contribution in [0.3, 0.4) is 0 Å². The predicted molar refractivity (Wildman–Crippen MR) is 80.6 cm³/mol. The third kappa shape index (κ3) is 3.64. The Balaban J connectivity index is 2.03. The molecule has 2 nitrogen and oxygen atoms in total. The van der Waals surface area contributed by atoms with Crippen molar-refractivity contribution in [1.82, 2.24) is 10.3 Å². The van der Waals surface area contributed by atoms with E-state index in [4.69, 9.17) is 4.98 Å². The van der Waals surface area contributed by atoms with E-state index < -0.39 is 0 Å². The van der Waals surface area contributed by atoms with Crippen LogP contribution in [0, 0.1) is 0 Å². The molecule has 0 aromatic carbocycles. The van der Waals surface area contributed by atoms with Gasteiger partial charge in [0.05, 0.1) is 10.7 Å². The van der Waals surface area contributed by atoms with E-state index in [-0.39, 0.29) is 0 Å². The Morgan fingerprint density at radius 1 is 1.33 bits per heavy atom. The molecule has 0 aliphatic carbocycles. The molecule has 0 fully saturated rings. The fourth-order valence-electron chi connectivity index (χ4n) is 1.87. The lowest BCUT2D eigenvalue weighted by atomic mass is 10.3. The number of nitrogens with one attached hydrogen (secondary N) is 1. The van der Waals surface area contributed by atoms with Gasteiger partial charge >= 0.3 is 0 Å². The van der Waals surface area contributed by atoms with Gasteiger partial charge in [-0.3, -0.25) is 0 Å². The van der Waals surface area contributed by atoms with Crippen molar-refractivity contribution in [2.75, 3.05) is 6.54 Å². The van der Waals surface area contributed by atoms with Crippen LogP contribution < -0.4 is 5.32 Å². The van der Waals surface area contributed by atoms with E-state index in [9.17, 15) is 0 Å². The molecule has 18 heavy (non-hydrogen) atoms. The highest BCUT2D eigenvalue weighted by molar-refractivity contribution is 7.12. The summed E-state index contributed by atoms with van der Waals surface area (Å²) >= 11 is 3.68. The number of thiazole rings is 1. The summed E-state index contributed by atoms with van der Waals surface area (Å²) < 4.78 is 0. The number of thiophene rings is 1. The molecule has 0 radical (unpaired) electrons. The summed E-state index contributed by atoms with van der Waals surface area (Å²) in [5.74, 6) is 0. The summed E-state index contributed by atoms with van der Waals surface area (Å²) in [7, 11) is 0. The summed E-state index contributed by atoms with van der Waals surface area (Å²) in [5.41, 5.74) is 1.27. The molecule has 0 saturated heterocycles. The maximum absolute atomic E-state index is 4.77. The summed E-state index contributed by atoms with van der Waals surface area (Å²) in [6.07, 6.45) is 3.20. The highest BCUT2D eigenvalue weighted by Gasteiger charge is 2.10. The maximum Gasteiger partial charge on any atom is 0.0983 e. The van der Waals surface area contributed by atoms with Gasteiger partial charge in [-0.05, 0) is 30.8 Å². The Morgan fingerprint density at radius 3 is 2.89 bits per heavy atom. The average molecular weight is 280 g/mol. The van der Waals surface area contributed by atoms with Gasteiger partial charge in [0.15, 0.2) is 0 Å². The minimum absolute atomic E-state index is 0.971. The van der Waals surface area contributed by atoms with E-state index in [0.717, 1.165) is 25.9 Å². The summed E-state index contributed by atoms with van der Waals surface area (Å²) in [6, 6.07) is 4.30. The van der Waals surface area contributed by atoms with E-state index >= 15 is 0 Å². The van der Waals surface area contributed by atoms with Crippen molar-refractivity contribution >= 4 is 22.7 Å². The lowest BCUT2D eigenvalue weighted by molar-refractivity contribution is 0.676. The van der Waals surface area contributed by atoms with Crippen molar-refractivity contribution in [3.63, 3.8) is 0 Å². The first-order valence-electron chi connectivity index (χ1n) is 6.54. The number of aryl methyl sites for hydroxylation is 1. The molecule has 4 heteroatoms. The van der Waals surface area contributed by atoms with Gasteiger partial charge in [0.1, 0.15) is 0 Å². The SMILES string of the molecule is CCCNCc1sc(Cc2cccs2)nc1CC. The van der Waals surface area contributed by atoms with Crippen LogP contribution >= 0.6 is 22.7 Å². The van der Waals surface area contributed by atoms with Crippen molar-refractivity contribution in [1.29, 1.82) is 0 Å². The van der Waals surface area contributed by atoms with Gasteiger partial charge in [-0.2, -0.15) is 0 Å². The topological polar surface area (TPSA) is 24.9 Å². The van der Waals surface area contributed by atoms with Crippen molar-refractivity contribution in [2.45, 2.75) is 39.7 Å². The molecule has 0 bridgehead atoms. The normalized spacial score (nSPS) is 11.0. The first kappa shape index (κ1) is 13.7. The zero-order valence-corrected chi connectivity index (χ0v) is 12.7. The van der Waals surface area contributed by atoms with Crippen molar-refractivity contribution in [3.8, 4) is 0 Å². The Hall–Kier alpha value is -0.710. The van der Waals surface area contributed by atoms with Gasteiger partial charge in [-0.1, -0.05) is 19.9 Å². The zero-order valence-electron chi connectivity index (χ0n) is 11.0. The molecule has 2 aromatic rings. The number of aromatic nitrogens is 1. The van der Waals surface area contributed by atoms with Crippen molar-refractivity contribution in [3.05, 3.63) is 38.0 Å². The molecule has 0 aliphatic rings. The fraction of sp³-hybridized carbons (Fsp3) is 0.500. The molecule has 0 amide bonds. The van der Waals surface area contributed by atoms with Gasteiger partial charge in [0, 0.05) is 22.7 Å². The lowest BCUT2D eigenvalue weighted by Gasteiger charge is -2.01. The Morgan fingerprint density at radius 2 is 2.22 bits per heavy atom. The zero-order chi connectivity index (χ0) is 12.8. The average Bonchev–Trinajstić information content (AvgIpc) is 3.00.